The molecule has 1 aromatic heterocycles. The van der Waals surface area contributed by atoms with E-state index in [1.165, 1.54) is 28.2 Å². The van der Waals surface area contributed by atoms with E-state index in [-0.39, 0.29) is 12.8 Å². The molecule has 6 heteroatoms. The van der Waals surface area contributed by atoms with Gasteiger partial charge in [0.1, 0.15) is 18.2 Å². The molecule has 4 aromatic rings. The molecular formula is C29H30FNO4. The molecule has 5 nitrogen and oxygen atoms in total. The van der Waals surface area contributed by atoms with Gasteiger partial charge >= 0.3 is 5.97 Å². The van der Waals surface area contributed by atoms with Crippen molar-refractivity contribution in [2.24, 2.45) is 0 Å². The second-order valence-corrected chi connectivity index (χ2v) is 8.46. The van der Waals surface area contributed by atoms with Gasteiger partial charge in [-0.3, -0.25) is 4.79 Å². The fraction of sp³-hybridized carbons (Fsp3) is 0.276. The summed E-state index contributed by atoms with van der Waals surface area (Å²) < 4.78 is 28.1. The van der Waals surface area contributed by atoms with E-state index in [4.69, 9.17) is 14.6 Å². The van der Waals surface area contributed by atoms with Gasteiger partial charge in [-0.2, -0.15) is 0 Å². The average molecular weight is 476 g/mol. The van der Waals surface area contributed by atoms with E-state index >= 15 is 0 Å². The molecular weight excluding hydrogens is 445 g/mol. The van der Waals surface area contributed by atoms with Crippen molar-refractivity contribution in [3.05, 3.63) is 89.4 Å². The van der Waals surface area contributed by atoms with Crippen LogP contribution in [0.5, 0.6) is 5.75 Å². The van der Waals surface area contributed by atoms with Gasteiger partial charge in [0, 0.05) is 47.8 Å². The van der Waals surface area contributed by atoms with Crippen LogP contribution in [0.25, 0.3) is 22.0 Å². The first kappa shape index (κ1) is 24.5. The summed E-state index contributed by atoms with van der Waals surface area (Å²) in [4.78, 5) is 10.7. The standard InChI is InChI=1S/C29H30FNO4/c1-3-34-16-15-31-20(2)29(25-9-4-5-10-27(25)31)23-8-6-7-21(17-23)19-35-24-13-11-22(26(30)18-24)12-14-28(32)33/h4-11,13,17-18H,3,12,14-16,19H2,1-2H3,(H,32,33). The number of carbonyl (C=O) groups is 1. The predicted octanol–water partition coefficient (Wildman–Crippen LogP) is 6.39. The van der Waals surface area contributed by atoms with Gasteiger partial charge in [0.15, 0.2) is 0 Å². The molecule has 1 heterocycles. The van der Waals surface area contributed by atoms with Crippen molar-refractivity contribution >= 4 is 16.9 Å². The maximum absolute atomic E-state index is 14.3. The van der Waals surface area contributed by atoms with Crippen LogP contribution in [0.15, 0.2) is 66.7 Å². The number of aryl methyl sites for hydroxylation is 1. The minimum Gasteiger partial charge on any atom is -0.489 e. The van der Waals surface area contributed by atoms with Gasteiger partial charge in [0.2, 0.25) is 0 Å². The number of fused-ring (bicyclic) bond motifs is 1. The number of aromatic nitrogens is 1. The Bertz CT molecular complexity index is 1330. The molecule has 0 radical (unpaired) electrons. The van der Waals surface area contributed by atoms with Crippen molar-refractivity contribution in [1.29, 1.82) is 0 Å². The molecule has 0 aliphatic heterocycles. The van der Waals surface area contributed by atoms with E-state index in [0.29, 0.717) is 31.1 Å². The Balaban J connectivity index is 1.54. The lowest BCUT2D eigenvalue weighted by Gasteiger charge is -2.11. The molecule has 0 fully saturated rings. The molecule has 0 aliphatic carbocycles. The minimum absolute atomic E-state index is 0.106. The fourth-order valence-electron chi connectivity index (χ4n) is 4.43. The highest BCUT2D eigenvalue weighted by Crippen LogP contribution is 2.35. The van der Waals surface area contributed by atoms with Crippen LogP contribution in [-0.4, -0.2) is 28.9 Å². The summed E-state index contributed by atoms with van der Waals surface area (Å²) in [7, 11) is 0. The number of nitrogens with zero attached hydrogens (tertiary/aromatic N) is 1. The van der Waals surface area contributed by atoms with Gasteiger partial charge in [-0.15, -0.1) is 0 Å². The van der Waals surface area contributed by atoms with Gasteiger partial charge < -0.3 is 19.1 Å². The topological polar surface area (TPSA) is 60.7 Å². The van der Waals surface area contributed by atoms with E-state index in [1.54, 1.807) is 12.1 Å². The summed E-state index contributed by atoms with van der Waals surface area (Å²) in [5.74, 6) is -0.985. The molecule has 0 bridgehead atoms. The number of hydrogen-bond donors (Lipinski definition) is 1. The molecule has 4 rings (SSSR count). The third-order valence-electron chi connectivity index (χ3n) is 6.15. The minimum atomic E-state index is -0.947. The largest absolute Gasteiger partial charge is 0.489 e. The summed E-state index contributed by atoms with van der Waals surface area (Å²) in [5.41, 5.74) is 6.00. The Morgan fingerprint density at radius 3 is 2.66 bits per heavy atom. The van der Waals surface area contributed by atoms with E-state index < -0.39 is 11.8 Å². The van der Waals surface area contributed by atoms with E-state index in [1.807, 2.05) is 19.1 Å². The molecule has 0 saturated heterocycles. The van der Waals surface area contributed by atoms with E-state index in [0.717, 1.165) is 17.7 Å². The summed E-state index contributed by atoms with van der Waals surface area (Å²) in [6, 6.07) is 21.2. The third kappa shape index (κ3) is 5.72. The number of rotatable bonds is 11. The van der Waals surface area contributed by atoms with Crippen molar-refractivity contribution < 1.29 is 23.8 Å². The fourth-order valence-corrected chi connectivity index (χ4v) is 4.43. The highest BCUT2D eigenvalue weighted by Gasteiger charge is 2.16. The zero-order valence-corrected chi connectivity index (χ0v) is 20.1. The van der Waals surface area contributed by atoms with Crippen LogP contribution in [0.1, 0.15) is 30.2 Å². The Labute approximate surface area is 204 Å². The Morgan fingerprint density at radius 1 is 1.06 bits per heavy atom. The number of ether oxygens (including phenoxy) is 2. The molecule has 3 aromatic carbocycles. The maximum Gasteiger partial charge on any atom is 0.303 e. The number of carboxylic acid groups (broad SMARTS) is 1. The summed E-state index contributed by atoms with van der Waals surface area (Å²) in [6.07, 6.45) is 0.0480. The number of halogens is 1. The van der Waals surface area contributed by atoms with Crippen molar-refractivity contribution in [1.82, 2.24) is 4.57 Å². The van der Waals surface area contributed by atoms with E-state index in [2.05, 4.69) is 47.9 Å². The van der Waals surface area contributed by atoms with Crippen LogP contribution in [-0.2, 0) is 29.1 Å². The van der Waals surface area contributed by atoms with Crippen molar-refractivity contribution in [2.45, 2.75) is 39.8 Å². The molecule has 1 N–H and O–H groups in total. The average Bonchev–Trinajstić information content (AvgIpc) is 3.13. The molecule has 0 spiro atoms. The predicted molar refractivity (Wildman–Crippen MR) is 135 cm³/mol. The second kappa shape index (κ2) is 11.2. The number of carboxylic acids is 1. The summed E-state index contributed by atoms with van der Waals surface area (Å²) >= 11 is 0. The van der Waals surface area contributed by atoms with Gasteiger partial charge in [-0.25, -0.2) is 4.39 Å². The monoisotopic (exact) mass is 475 g/mol. The second-order valence-electron chi connectivity index (χ2n) is 8.46. The van der Waals surface area contributed by atoms with Gasteiger partial charge in [0.05, 0.1) is 6.61 Å². The molecule has 35 heavy (non-hydrogen) atoms. The molecule has 0 atom stereocenters. The van der Waals surface area contributed by atoms with Gasteiger partial charge in [-0.05, 0) is 55.2 Å². The Kier molecular flexibility index (Phi) is 7.83. The summed E-state index contributed by atoms with van der Waals surface area (Å²) in [5, 5.41) is 10.00. The number of para-hydroxylation sites is 1. The van der Waals surface area contributed by atoms with Crippen LogP contribution in [0.4, 0.5) is 4.39 Å². The highest BCUT2D eigenvalue weighted by atomic mass is 19.1. The maximum atomic E-state index is 14.3. The molecule has 182 valence electrons. The quantitative estimate of drug-likeness (QED) is 0.255. The zero-order chi connectivity index (χ0) is 24.8. The van der Waals surface area contributed by atoms with Crippen molar-refractivity contribution in [3.63, 3.8) is 0 Å². The highest BCUT2D eigenvalue weighted by molar-refractivity contribution is 5.98. The first-order valence-electron chi connectivity index (χ1n) is 11.9. The van der Waals surface area contributed by atoms with E-state index in [9.17, 15) is 9.18 Å². The summed E-state index contributed by atoms with van der Waals surface area (Å²) in [6.45, 7) is 6.58. The molecule has 0 aliphatic rings. The normalized spacial score (nSPS) is 11.2. The van der Waals surface area contributed by atoms with Gasteiger partial charge in [0.25, 0.3) is 0 Å². The molecule has 0 amide bonds. The zero-order valence-electron chi connectivity index (χ0n) is 20.1. The molecule has 0 saturated carbocycles. The third-order valence-corrected chi connectivity index (χ3v) is 6.15. The lowest BCUT2D eigenvalue weighted by molar-refractivity contribution is -0.136. The van der Waals surface area contributed by atoms with Gasteiger partial charge in [-0.1, -0.05) is 42.5 Å². The number of benzene rings is 3. The first-order valence-corrected chi connectivity index (χ1v) is 11.9. The van der Waals surface area contributed by atoms with Crippen LogP contribution >= 0.6 is 0 Å². The van der Waals surface area contributed by atoms with Crippen LogP contribution < -0.4 is 4.74 Å². The number of hydrogen-bond acceptors (Lipinski definition) is 3. The lowest BCUT2D eigenvalue weighted by atomic mass is 10.0. The smallest absolute Gasteiger partial charge is 0.303 e. The Hall–Kier alpha value is -3.64. The van der Waals surface area contributed by atoms with Crippen molar-refractivity contribution in [3.8, 4) is 16.9 Å². The number of aliphatic carboxylic acids is 1. The van der Waals surface area contributed by atoms with Crippen LogP contribution in [0.2, 0.25) is 0 Å². The first-order chi connectivity index (χ1) is 17.0. The lowest BCUT2D eigenvalue weighted by Crippen LogP contribution is -2.07. The van der Waals surface area contributed by atoms with Crippen LogP contribution in [0, 0.1) is 12.7 Å². The van der Waals surface area contributed by atoms with Crippen molar-refractivity contribution in [2.75, 3.05) is 13.2 Å². The van der Waals surface area contributed by atoms with Crippen LogP contribution in [0.3, 0.4) is 0 Å². The Morgan fingerprint density at radius 2 is 1.89 bits per heavy atom. The molecule has 0 unspecified atom stereocenters. The SMILES string of the molecule is CCOCCn1c(C)c(-c2cccc(COc3ccc(CCC(=O)O)c(F)c3)c2)c2ccccc21.